The molecule has 0 bridgehead atoms. The first kappa shape index (κ1) is 11.7. The average Bonchev–Trinajstić information content (AvgIpc) is 2.72. The third-order valence-electron chi connectivity index (χ3n) is 2.92. The first-order valence-corrected chi connectivity index (χ1v) is 5.97. The van der Waals surface area contributed by atoms with Crippen molar-refractivity contribution in [1.82, 2.24) is 9.55 Å². The molecular weight excluding hydrogens is 210 g/mol. The summed E-state index contributed by atoms with van der Waals surface area (Å²) in [5.74, 6) is 1.60. The van der Waals surface area contributed by atoms with Crippen LogP contribution < -0.4 is 5.32 Å². The zero-order valence-electron chi connectivity index (χ0n) is 10.6. The Labute approximate surface area is 103 Å². The molecule has 0 fully saturated rings. The molecule has 1 heterocycles. The number of nitrogens with zero attached hydrogens (tertiary/aromatic N) is 2. The fourth-order valence-corrected chi connectivity index (χ4v) is 1.76. The van der Waals surface area contributed by atoms with Crippen LogP contribution in [0.25, 0.3) is 0 Å². The number of aromatic nitrogens is 2. The van der Waals surface area contributed by atoms with Gasteiger partial charge in [0, 0.05) is 25.1 Å². The van der Waals surface area contributed by atoms with Crippen molar-refractivity contribution < 1.29 is 0 Å². The van der Waals surface area contributed by atoms with E-state index in [2.05, 4.69) is 48.4 Å². The van der Waals surface area contributed by atoms with Crippen molar-refractivity contribution in [2.75, 3.05) is 5.32 Å². The van der Waals surface area contributed by atoms with E-state index in [1.165, 1.54) is 5.56 Å². The van der Waals surface area contributed by atoms with Gasteiger partial charge in [0.1, 0.15) is 5.82 Å². The minimum atomic E-state index is 0.560. The van der Waals surface area contributed by atoms with Crippen LogP contribution in [0, 0.1) is 0 Å². The van der Waals surface area contributed by atoms with Gasteiger partial charge in [-0.3, -0.25) is 0 Å². The van der Waals surface area contributed by atoms with E-state index in [0.29, 0.717) is 5.92 Å². The Morgan fingerprint density at radius 2 is 2.18 bits per heavy atom. The second-order valence-electron chi connectivity index (χ2n) is 4.59. The molecule has 2 aromatic rings. The number of hydrogen-bond donors (Lipinski definition) is 1. The summed E-state index contributed by atoms with van der Waals surface area (Å²) in [6, 6.07) is 8.55. The molecule has 0 saturated heterocycles. The Morgan fingerprint density at radius 3 is 2.82 bits per heavy atom. The maximum atomic E-state index is 4.29. The summed E-state index contributed by atoms with van der Waals surface area (Å²) < 4.78 is 2.03. The molecule has 0 saturated carbocycles. The third-order valence-corrected chi connectivity index (χ3v) is 2.92. The van der Waals surface area contributed by atoms with E-state index in [-0.39, 0.29) is 0 Å². The highest BCUT2D eigenvalue weighted by Gasteiger charge is 2.01. The van der Waals surface area contributed by atoms with Gasteiger partial charge in [0.25, 0.3) is 0 Å². The highest BCUT2D eigenvalue weighted by Crippen LogP contribution is 2.18. The number of imidazole rings is 1. The van der Waals surface area contributed by atoms with E-state index >= 15 is 0 Å². The molecule has 17 heavy (non-hydrogen) atoms. The summed E-state index contributed by atoms with van der Waals surface area (Å²) >= 11 is 0. The van der Waals surface area contributed by atoms with Crippen LogP contribution in [0.4, 0.5) is 5.69 Å². The van der Waals surface area contributed by atoms with Crippen molar-refractivity contribution >= 4 is 5.69 Å². The van der Waals surface area contributed by atoms with E-state index in [1.807, 2.05) is 24.0 Å². The lowest BCUT2D eigenvalue weighted by atomic mass is 10.0. The number of aryl methyl sites for hydroxylation is 1. The predicted molar refractivity (Wildman–Crippen MR) is 71.1 cm³/mol. The molecular formula is C14H19N3. The van der Waals surface area contributed by atoms with Crippen LogP contribution in [0.1, 0.15) is 31.2 Å². The van der Waals surface area contributed by atoms with Gasteiger partial charge in [-0.1, -0.05) is 26.0 Å². The Bertz CT molecular complexity index is 486. The topological polar surface area (TPSA) is 29.9 Å². The van der Waals surface area contributed by atoms with Crippen LogP contribution in [0.5, 0.6) is 0 Å². The van der Waals surface area contributed by atoms with Gasteiger partial charge < -0.3 is 9.88 Å². The minimum absolute atomic E-state index is 0.560. The molecule has 0 aliphatic heterocycles. The van der Waals surface area contributed by atoms with Gasteiger partial charge in [0.2, 0.25) is 0 Å². The SMILES string of the molecule is CC(C)c1cccc(NCc2nccn2C)c1. The smallest absolute Gasteiger partial charge is 0.127 e. The van der Waals surface area contributed by atoms with Gasteiger partial charge in [0.05, 0.1) is 6.54 Å². The van der Waals surface area contributed by atoms with E-state index in [4.69, 9.17) is 0 Å². The number of anilines is 1. The second kappa shape index (κ2) is 5.04. The van der Waals surface area contributed by atoms with E-state index in [0.717, 1.165) is 18.1 Å². The van der Waals surface area contributed by atoms with Crippen LogP contribution in [0.15, 0.2) is 36.7 Å². The standard InChI is InChI=1S/C14H19N3/c1-11(2)12-5-4-6-13(9-12)16-10-14-15-7-8-17(14)3/h4-9,11,16H,10H2,1-3H3. The Morgan fingerprint density at radius 1 is 1.35 bits per heavy atom. The van der Waals surface area contributed by atoms with E-state index in [1.54, 1.807) is 0 Å². The minimum Gasteiger partial charge on any atom is -0.378 e. The second-order valence-corrected chi connectivity index (χ2v) is 4.59. The van der Waals surface area contributed by atoms with Crippen molar-refractivity contribution in [3.8, 4) is 0 Å². The van der Waals surface area contributed by atoms with Crippen molar-refractivity contribution in [1.29, 1.82) is 0 Å². The molecule has 1 aromatic carbocycles. The Kier molecular flexibility index (Phi) is 3.47. The summed E-state index contributed by atoms with van der Waals surface area (Å²) in [6.45, 7) is 5.17. The van der Waals surface area contributed by atoms with Gasteiger partial charge in [-0.25, -0.2) is 4.98 Å². The van der Waals surface area contributed by atoms with Crippen molar-refractivity contribution in [2.24, 2.45) is 7.05 Å². The normalized spacial score (nSPS) is 10.8. The monoisotopic (exact) mass is 229 g/mol. The molecule has 1 aromatic heterocycles. The number of nitrogens with one attached hydrogen (secondary N) is 1. The van der Waals surface area contributed by atoms with Gasteiger partial charge >= 0.3 is 0 Å². The van der Waals surface area contributed by atoms with Crippen LogP contribution in [0.3, 0.4) is 0 Å². The number of benzene rings is 1. The lowest BCUT2D eigenvalue weighted by Crippen LogP contribution is -2.05. The molecule has 0 aliphatic rings. The molecule has 0 amide bonds. The summed E-state index contributed by atoms with van der Waals surface area (Å²) in [5.41, 5.74) is 2.51. The van der Waals surface area contributed by atoms with E-state index < -0.39 is 0 Å². The molecule has 3 heteroatoms. The molecule has 2 rings (SSSR count). The van der Waals surface area contributed by atoms with Crippen LogP contribution in [-0.4, -0.2) is 9.55 Å². The quantitative estimate of drug-likeness (QED) is 0.872. The Hall–Kier alpha value is -1.77. The zero-order valence-corrected chi connectivity index (χ0v) is 10.6. The number of hydrogen-bond acceptors (Lipinski definition) is 2. The van der Waals surface area contributed by atoms with Crippen LogP contribution in [-0.2, 0) is 13.6 Å². The van der Waals surface area contributed by atoms with Crippen LogP contribution >= 0.6 is 0 Å². The molecule has 0 unspecified atom stereocenters. The highest BCUT2D eigenvalue weighted by molar-refractivity contribution is 5.46. The first-order chi connectivity index (χ1) is 8.16. The van der Waals surface area contributed by atoms with Gasteiger partial charge in [-0.05, 0) is 23.6 Å². The molecule has 0 atom stereocenters. The molecule has 0 radical (unpaired) electrons. The van der Waals surface area contributed by atoms with Crippen molar-refractivity contribution in [3.63, 3.8) is 0 Å². The molecule has 0 aliphatic carbocycles. The van der Waals surface area contributed by atoms with Gasteiger partial charge in [-0.15, -0.1) is 0 Å². The van der Waals surface area contributed by atoms with E-state index in [9.17, 15) is 0 Å². The fraction of sp³-hybridized carbons (Fsp3) is 0.357. The summed E-state index contributed by atoms with van der Waals surface area (Å²) in [7, 11) is 2.01. The largest absolute Gasteiger partial charge is 0.378 e. The number of rotatable bonds is 4. The zero-order chi connectivity index (χ0) is 12.3. The molecule has 90 valence electrons. The van der Waals surface area contributed by atoms with Gasteiger partial charge in [-0.2, -0.15) is 0 Å². The molecule has 3 nitrogen and oxygen atoms in total. The van der Waals surface area contributed by atoms with Crippen molar-refractivity contribution in [2.45, 2.75) is 26.3 Å². The van der Waals surface area contributed by atoms with Gasteiger partial charge in [0.15, 0.2) is 0 Å². The maximum Gasteiger partial charge on any atom is 0.127 e. The average molecular weight is 229 g/mol. The summed E-state index contributed by atoms with van der Waals surface area (Å²) in [4.78, 5) is 4.29. The summed E-state index contributed by atoms with van der Waals surface area (Å²) in [5, 5.41) is 3.40. The highest BCUT2D eigenvalue weighted by atomic mass is 15.1. The maximum absolute atomic E-state index is 4.29. The molecule has 1 N–H and O–H groups in total. The lowest BCUT2D eigenvalue weighted by Gasteiger charge is -2.10. The summed E-state index contributed by atoms with van der Waals surface area (Å²) in [6.07, 6.45) is 3.78. The van der Waals surface area contributed by atoms with Crippen LogP contribution in [0.2, 0.25) is 0 Å². The third kappa shape index (κ3) is 2.87. The van der Waals surface area contributed by atoms with Crippen molar-refractivity contribution in [3.05, 3.63) is 48.0 Å². The molecule has 0 spiro atoms. The fourth-order valence-electron chi connectivity index (χ4n) is 1.76. The predicted octanol–water partition coefficient (Wildman–Crippen LogP) is 3.16. The lowest BCUT2D eigenvalue weighted by molar-refractivity contribution is 0.812. The Balaban J connectivity index is 2.04. The first-order valence-electron chi connectivity index (χ1n) is 5.97.